The molecule has 0 aromatic heterocycles. The molecule has 1 aromatic rings. The summed E-state index contributed by atoms with van der Waals surface area (Å²) in [5, 5.41) is 9.74. The minimum atomic E-state index is -0.207. The summed E-state index contributed by atoms with van der Waals surface area (Å²) in [4.78, 5) is 14.6. The number of aryl methyl sites for hydroxylation is 2. The van der Waals surface area contributed by atoms with Gasteiger partial charge in [-0.15, -0.1) is 0 Å². The van der Waals surface area contributed by atoms with E-state index in [1.165, 1.54) is 17.5 Å². The molecular formula is C17H23NO2. The summed E-state index contributed by atoms with van der Waals surface area (Å²) in [5.41, 5.74) is 3.62. The average Bonchev–Trinajstić information content (AvgIpc) is 2.90. The highest BCUT2D eigenvalue weighted by atomic mass is 16.3. The van der Waals surface area contributed by atoms with Crippen LogP contribution in [0.5, 0.6) is 0 Å². The quantitative estimate of drug-likeness (QED) is 0.857. The highest BCUT2D eigenvalue weighted by Gasteiger charge is 2.25. The van der Waals surface area contributed by atoms with E-state index in [0.717, 1.165) is 37.9 Å². The number of ketones is 1. The number of fused-ring (bicyclic) bond motifs is 1. The Labute approximate surface area is 120 Å². The van der Waals surface area contributed by atoms with Gasteiger partial charge >= 0.3 is 0 Å². The molecule has 2 unspecified atom stereocenters. The minimum absolute atomic E-state index is 0.207. The van der Waals surface area contributed by atoms with Crippen LogP contribution in [-0.4, -0.2) is 41.5 Å². The van der Waals surface area contributed by atoms with Crippen molar-refractivity contribution in [1.82, 2.24) is 4.90 Å². The molecule has 0 saturated carbocycles. The lowest BCUT2D eigenvalue weighted by Crippen LogP contribution is -2.44. The van der Waals surface area contributed by atoms with Gasteiger partial charge in [0.25, 0.3) is 0 Å². The Morgan fingerprint density at radius 3 is 2.95 bits per heavy atom. The molecule has 1 fully saturated rings. The van der Waals surface area contributed by atoms with Crippen LogP contribution in [0.3, 0.4) is 0 Å². The molecule has 0 spiro atoms. The number of piperidine rings is 1. The third-order valence-electron chi connectivity index (χ3n) is 4.73. The summed E-state index contributed by atoms with van der Waals surface area (Å²) >= 11 is 0. The van der Waals surface area contributed by atoms with Crippen molar-refractivity contribution in [2.45, 2.75) is 38.7 Å². The van der Waals surface area contributed by atoms with Crippen molar-refractivity contribution < 1.29 is 9.90 Å². The molecule has 3 heteroatoms. The van der Waals surface area contributed by atoms with E-state index < -0.39 is 0 Å². The SMILES string of the molecule is CC1CN(CC(=O)c2ccc3c(c2)CCC3)CCC1O. The summed E-state index contributed by atoms with van der Waals surface area (Å²) < 4.78 is 0. The Balaban J connectivity index is 1.65. The Kier molecular flexibility index (Phi) is 3.90. The Morgan fingerprint density at radius 2 is 2.15 bits per heavy atom. The third-order valence-corrected chi connectivity index (χ3v) is 4.73. The van der Waals surface area contributed by atoms with Gasteiger partial charge in [0.2, 0.25) is 0 Å². The first-order chi connectivity index (χ1) is 9.63. The number of likely N-dealkylation sites (tertiary alicyclic amines) is 1. The lowest BCUT2D eigenvalue weighted by Gasteiger charge is -2.33. The fourth-order valence-corrected chi connectivity index (χ4v) is 3.40. The summed E-state index contributed by atoms with van der Waals surface area (Å²) in [5.74, 6) is 0.472. The molecule has 1 saturated heterocycles. The van der Waals surface area contributed by atoms with E-state index in [9.17, 15) is 9.90 Å². The molecule has 1 aliphatic carbocycles. The van der Waals surface area contributed by atoms with Gasteiger partial charge in [-0.3, -0.25) is 9.69 Å². The highest BCUT2D eigenvalue weighted by Crippen LogP contribution is 2.23. The zero-order valence-electron chi connectivity index (χ0n) is 12.1. The second kappa shape index (κ2) is 5.66. The molecule has 108 valence electrons. The number of hydrogen-bond donors (Lipinski definition) is 1. The van der Waals surface area contributed by atoms with Gasteiger partial charge in [0.05, 0.1) is 12.6 Å². The van der Waals surface area contributed by atoms with Crippen LogP contribution >= 0.6 is 0 Å². The highest BCUT2D eigenvalue weighted by molar-refractivity contribution is 5.97. The number of aliphatic hydroxyl groups excluding tert-OH is 1. The standard InChI is InChI=1S/C17H23NO2/c1-12-10-18(8-7-16(12)19)11-17(20)15-6-5-13-3-2-4-14(13)9-15/h5-6,9,12,16,19H,2-4,7-8,10-11H2,1H3. The van der Waals surface area contributed by atoms with Crippen LogP contribution < -0.4 is 0 Å². The first kappa shape index (κ1) is 13.8. The molecule has 20 heavy (non-hydrogen) atoms. The predicted molar refractivity (Wildman–Crippen MR) is 79.0 cm³/mol. The van der Waals surface area contributed by atoms with Crippen molar-refractivity contribution in [2.75, 3.05) is 19.6 Å². The molecule has 3 nitrogen and oxygen atoms in total. The topological polar surface area (TPSA) is 40.5 Å². The van der Waals surface area contributed by atoms with E-state index >= 15 is 0 Å². The molecule has 2 aliphatic rings. The number of hydrogen-bond acceptors (Lipinski definition) is 3. The number of nitrogens with zero attached hydrogens (tertiary/aromatic N) is 1. The van der Waals surface area contributed by atoms with Crippen LogP contribution in [0.15, 0.2) is 18.2 Å². The fraction of sp³-hybridized carbons (Fsp3) is 0.588. The van der Waals surface area contributed by atoms with Crippen LogP contribution in [0.2, 0.25) is 0 Å². The molecule has 2 atom stereocenters. The van der Waals surface area contributed by atoms with E-state index in [4.69, 9.17) is 0 Å². The average molecular weight is 273 g/mol. The van der Waals surface area contributed by atoms with Gasteiger partial charge in [-0.25, -0.2) is 0 Å². The number of carbonyl (C=O) groups is 1. The van der Waals surface area contributed by atoms with E-state index in [0.29, 0.717) is 6.54 Å². The first-order valence-corrected chi connectivity index (χ1v) is 7.69. The van der Waals surface area contributed by atoms with Crippen molar-refractivity contribution in [3.05, 3.63) is 34.9 Å². The molecule has 3 rings (SSSR count). The molecule has 0 radical (unpaired) electrons. The van der Waals surface area contributed by atoms with E-state index in [1.807, 2.05) is 6.07 Å². The van der Waals surface area contributed by atoms with E-state index in [2.05, 4.69) is 24.0 Å². The smallest absolute Gasteiger partial charge is 0.176 e. The van der Waals surface area contributed by atoms with Crippen molar-refractivity contribution in [3.8, 4) is 0 Å². The van der Waals surface area contributed by atoms with Crippen molar-refractivity contribution >= 4 is 5.78 Å². The lowest BCUT2D eigenvalue weighted by molar-refractivity contribution is 0.0344. The fourth-order valence-electron chi connectivity index (χ4n) is 3.40. The maximum atomic E-state index is 12.4. The molecule has 1 heterocycles. The number of carbonyl (C=O) groups excluding carboxylic acids is 1. The normalized spacial score (nSPS) is 26.5. The van der Waals surface area contributed by atoms with Gasteiger partial charge in [0.1, 0.15) is 0 Å². The van der Waals surface area contributed by atoms with Gasteiger partial charge in [0, 0.05) is 18.7 Å². The monoisotopic (exact) mass is 273 g/mol. The number of aliphatic hydroxyl groups is 1. The van der Waals surface area contributed by atoms with Crippen molar-refractivity contribution in [2.24, 2.45) is 5.92 Å². The minimum Gasteiger partial charge on any atom is -0.393 e. The largest absolute Gasteiger partial charge is 0.393 e. The summed E-state index contributed by atoms with van der Waals surface area (Å²) in [6.07, 6.45) is 4.06. The van der Waals surface area contributed by atoms with Crippen LogP contribution in [0, 0.1) is 5.92 Å². The molecule has 0 amide bonds. The summed E-state index contributed by atoms with van der Waals surface area (Å²) in [6, 6.07) is 6.19. The molecule has 1 N–H and O–H groups in total. The van der Waals surface area contributed by atoms with Crippen LogP contribution in [-0.2, 0) is 12.8 Å². The molecular weight excluding hydrogens is 250 g/mol. The van der Waals surface area contributed by atoms with Gasteiger partial charge in [0.15, 0.2) is 5.78 Å². The third kappa shape index (κ3) is 2.79. The zero-order chi connectivity index (χ0) is 14.1. The van der Waals surface area contributed by atoms with Gasteiger partial charge < -0.3 is 5.11 Å². The number of rotatable bonds is 3. The molecule has 1 aliphatic heterocycles. The second-order valence-electron chi connectivity index (χ2n) is 6.33. The number of benzene rings is 1. The van der Waals surface area contributed by atoms with Crippen molar-refractivity contribution in [3.63, 3.8) is 0 Å². The summed E-state index contributed by atoms with van der Waals surface area (Å²) in [6.45, 7) is 4.17. The lowest BCUT2D eigenvalue weighted by atomic mass is 9.96. The van der Waals surface area contributed by atoms with Crippen LogP contribution in [0.1, 0.15) is 41.3 Å². The Morgan fingerprint density at radius 1 is 1.35 bits per heavy atom. The van der Waals surface area contributed by atoms with Crippen LogP contribution in [0.4, 0.5) is 0 Å². The maximum absolute atomic E-state index is 12.4. The van der Waals surface area contributed by atoms with Gasteiger partial charge in [-0.05, 0) is 48.8 Å². The zero-order valence-corrected chi connectivity index (χ0v) is 12.1. The molecule has 0 bridgehead atoms. The van der Waals surface area contributed by atoms with Crippen LogP contribution in [0.25, 0.3) is 0 Å². The Hall–Kier alpha value is -1.19. The predicted octanol–water partition coefficient (Wildman–Crippen LogP) is 2.06. The first-order valence-electron chi connectivity index (χ1n) is 7.69. The maximum Gasteiger partial charge on any atom is 0.176 e. The van der Waals surface area contributed by atoms with E-state index in [1.54, 1.807) is 0 Å². The number of Topliss-reactive ketones (excluding diaryl/α,β-unsaturated/α-hetero) is 1. The van der Waals surface area contributed by atoms with Gasteiger partial charge in [-0.1, -0.05) is 19.1 Å². The summed E-state index contributed by atoms with van der Waals surface area (Å²) in [7, 11) is 0. The molecule has 1 aromatic carbocycles. The van der Waals surface area contributed by atoms with Gasteiger partial charge in [-0.2, -0.15) is 0 Å². The second-order valence-corrected chi connectivity index (χ2v) is 6.33. The van der Waals surface area contributed by atoms with E-state index in [-0.39, 0.29) is 17.8 Å². The van der Waals surface area contributed by atoms with Crippen molar-refractivity contribution in [1.29, 1.82) is 0 Å². The Bertz CT molecular complexity index is 512.